The van der Waals surface area contributed by atoms with Crippen LogP contribution in [0.1, 0.15) is 51.1 Å². The number of benzene rings is 3. The molecular formula is C29H28Br4N2O2. The van der Waals surface area contributed by atoms with Crippen molar-refractivity contribution < 1.29 is 9.53 Å². The third-order valence-electron chi connectivity index (χ3n) is 6.95. The van der Waals surface area contributed by atoms with Crippen LogP contribution in [0, 0.1) is 13.8 Å². The average molecular weight is 756 g/mol. The summed E-state index contributed by atoms with van der Waals surface area (Å²) >= 11 is 15.0. The maximum absolute atomic E-state index is 13.4. The van der Waals surface area contributed by atoms with Gasteiger partial charge in [0.15, 0.2) is 0 Å². The maximum Gasteiger partial charge on any atom is 0.339 e. The highest BCUT2D eigenvalue weighted by atomic mass is 79.9. The minimum Gasteiger partial charge on any atom is -0.465 e. The molecule has 8 heteroatoms. The van der Waals surface area contributed by atoms with Crippen LogP contribution in [-0.4, -0.2) is 31.7 Å². The van der Waals surface area contributed by atoms with Crippen LogP contribution < -0.4 is 4.90 Å². The number of hydrogen-bond donors (Lipinski definition) is 0. The first kappa shape index (κ1) is 28.4. The van der Waals surface area contributed by atoms with Crippen molar-refractivity contribution in [1.82, 2.24) is 4.57 Å². The molecule has 0 N–H and O–H groups in total. The molecule has 1 unspecified atom stereocenters. The van der Waals surface area contributed by atoms with E-state index in [0.717, 1.165) is 42.3 Å². The summed E-state index contributed by atoms with van der Waals surface area (Å²) in [5.41, 5.74) is 8.23. The smallest absolute Gasteiger partial charge is 0.339 e. The number of aromatic nitrogens is 1. The summed E-state index contributed by atoms with van der Waals surface area (Å²) in [6, 6.07) is 15.0. The quantitative estimate of drug-likeness (QED) is 0.112. The van der Waals surface area contributed by atoms with Crippen LogP contribution in [0.25, 0.3) is 10.9 Å². The van der Waals surface area contributed by atoms with Gasteiger partial charge in [-0.15, -0.1) is 0 Å². The monoisotopic (exact) mass is 752 g/mol. The number of nitrogens with zero attached hydrogens (tertiary/aromatic N) is 2. The topological polar surface area (TPSA) is 34.5 Å². The number of halogens is 4. The van der Waals surface area contributed by atoms with E-state index in [-0.39, 0.29) is 5.92 Å². The van der Waals surface area contributed by atoms with E-state index in [1.165, 1.54) is 29.3 Å². The van der Waals surface area contributed by atoms with Crippen molar-refractivity contribution in [3.05, 3.63) is 93.9 Å². The lowest BCUT2D eigenvalue weighted by Gasteiger charge is -2.27. The largest absolute Gasteiger partial charge is 0.465 e. The summed E-state index contributed by atoms with van der Waals surface area (Å²) in [5, 5.41) is 1.17. The van der Waals surface area contributed by atoms with Gasteiger partial charge in [-0.2, -0.15) is 0 Å². The second-order valence-corrected chi connectivity index (χ2v) is 12.3. The molecule has 0 saturated carbocycles. The van der Waals surface area contributed by atoms with Gasteiger partial charge < -0.3 is 14.2 Å². The highest BCUT2D eigenvalue weighted by molar-refractivity contribution is 9.15. The van der Waals surface area contributed by atoms with Crippen molar-refractivity contribution in [1.29, 1.82) is 0 Å². The van der Waals surface area contributed by atoms with Gasteiger partial charge >= 0.3 is 5.97 Å². The second kappa shape index (κ2) is 11.2. The summed E-state index contributed by atoms with van der Waals surface area (Å²) in [5.74, 6) is -0.654. The van der Waals surface area contributed by atoms with Gasteiger partial charge in [-0.3, -0.25) is 0 Å². The molecule has 0 aliphatic heterocycles. The van der Waals surface area contributed by atoms with E-state index >= 15 is 0 Å². The molecule has 37 heavy (non-hydrogen) atoms. The molecular weight excluding hydrogens is 728 g/mol. The zero-order valence-corrected chi connectivity index (χ0v) is 27.9. The van der Waals surface area contributed by atoms with Crippen molar-refractivity contribution in [2.24, 2.45) is 0 Å². The predicted molar refractivity (Wildman–Crippen MR) is 167 cm³/mol. The third-order valence-corrected chi connectivity index (χ3v) is 11.7. The standard InChI is InChI=1S/C29H28Br4N2O2/c1-7-35-16(3)21(19-10-8-9-11-20(19)35)22(18-13-12-17(34(4)5)14-15(18)2)23-24(29(36)37-6)26(31)28(33)27(32)25(23)30/h8-14,22H,7H2,1-6H3. The van der Waals surface area contributed by atoms with E-state index in [9.17, 15) is 4.79 Å². The van der Waals surface area contributed by atoms with Crippen molar-refractivity contribution in [3.8, 4) is 0 Å². The van der Waals surface area contributed by atoms with Gasteiger partial charge in [-0.25, -0.2) is 4.79 Å². The molecule has 194 valence electrons. The second-order valence-electron chi connectivity index (χ2n) is 9.17. The SMILES string of the molecule is CCn1c(C)c(C(c2ccc(N(C)C)cc2C)c2c(Br)c(Br)c(Br)c(Br)c2C(=O)OC)c2ccccc21. The Bertz CT molecular complexity index is 1520. The van der Waals surface area contributed by atoms with Gasteiger partial charge in [-0.05, 0) is 125 Å². The Balaban J connectivity index is 2.23. The lowest BCUT2D eigenvalue weighted by Crippen LogP contribution is -2.16. The number of anilines is 1. The maximum atomic E-state index is 13.4. The molecule has 0 bridgehead atoms. The minimum absolute atomic E-state index is 0.252. The van der Waals surface area contributed by atoms with Crippen molar-refractivity contribution in [2.45, 2.75) is 33.2 Å². The van der Waals surface area contributed by atoms with Gasteiger partial charge in [0.25, 0.3) is 0 Å². The van der Waals surface area contributed by atoms with Crippen LogP contribution in [0.3, 0.4) is 0 Å². The van der Waals surface area contributed by atoms with Gasteiger partial charge in [0.2, 0.25) is 0 Å². The molecule has 0 aliphatic rings. The number of rotatable bonds is 6. The zero-order valence-electron chi connectivity index (χ0n) is 21.5. The number of esters is 1. The lowest BCUT2D eigenvalue weighted by atomic mass is 9.79. The van der Waals surface area contributed by atoms with Crippen molar-refractivity contribution >= 4 is 86.3 Å². The number of ether oxygens (including phenoxy) is 1. The Morgan fingerprint density at radius 2 is 1.59 bits per heavy atom. The first-order chi connectivity index (χ1) is 17.5. The van der Waals surface area contributed by atoms with E-state index in [1.807, 2.05) is 14.1 Å². The van der Waals surface area contributed by atoms with E-state index in [2.05, 4.69) is 136 Å². The van der Waals surface area contributed by atoms with E-state index in [1.54, 1.807) is 0 Å². The molecule has 0 amide bonds. The molecule has 1 atom stereocenters. The fraction of sp³-hybridized carbons (Fsp3) is 0.276. The number of fused-ring (bicyclic) bond motifs is 1. The van der Waals surface area contributed by atoms with Crippen molar-refractivity contribution in [2.75, 3.05) is 26.1 Å². The number of methoxy groups -OCH3 is 1. The number of carbonyl (C=O) groups excluding carboxylic acids is 1. The Kier molecular flexibility index (Phi) is 8.63. The zero-order chi connectivity index (χ0) is 27.2. The third kappa shape index (κ3) is 4.83. The van der Waals surface area contributed by atoms with E-state index < -0.39 is 5.97 Å². The predicted octanol–water partition coefficient (Wildman–Crippen LogP) is 9.36. The Labute approximate surface area is 251 Å². The molecule has 4 rings (SSSR count). The van der Waals surface area contributed by atoms with Crippen LogP contribution in [-0.2, 0) is 11.3 Å². The molecule has 1 aromatic heterocycles. The average Bonchev–Trinajstić information content (AvgIpc) is 3.17. The highest BCUT2D eigenvalue weighted by Gasteiger charge is 2.34. The lowest BCUT2D eigenvalue weighted by molar-refractivity contribution is 0.0598. The van der Waals surface area contributed by atoms with Crippen LogP contribution in [0.15, 0.2) is 60.4 Å². The molecule has 4 nitrogen and oxygen atoms in total. The minimum atomic E-state index is -0.403. The Morgan fingerprint density at radius 3 is 2.19 bits per heavy atom. The molecule has 4 aromatic rings. The first-order valence-electron chi connectivity index (χ1n) is 11.8. The van der Waals surface area contributed by atoms with Gasteiger partial charge in [0.05, 0.1) is 12.7 Å². The van der Waals surface area contributed by atoms with Gasteiger partial charge in [0.1, 0.15) is 0 Å². The van der Waals surface area contributed by atoms with Gasteiger partial charge in [-0.1, -0.05) is 24.3 Å². The highest BCUT2D eigenvalue weighted by Crippen LogP contribution is 2.50. The van der Waals surface area contributed by atoms with E-state index in [4.69, 9.17) is 4.74 Å². The van der Waals surface area contributed by atoms with Crippen LogP contribution in [0.5, 0.6) is 0 Å². The Hall–Kier alpha value is -1.61. The van der Waals surface area contributed by atoms with Crippen LogP contribution in [0.2, 0.25) is 0 Å². The summed E-state index contributed by atoms with van der Waals surface area (Å²) < 4.78 is 10.7. The number of carbonyl (C=O) groups is 1. The fourth-order valence-electron chi connectivity index (χ4n) is 5.17. The molecule has 0 radical (unpaired) electrons. The summed E-state index contributed by atoms with van der Waals surface area (Å²) in [7, 11) is 5.50. The summed E-state index contributed by atoms with van der Waals surface area (Å²) in [6.45, 7) is 7.32. The first-order valence-corrected chi connectivity index (χ1v) is 15.0. The normalized spacial score (nSPS) is 12.2. The molecule has 0 spiro atoms. The summed E-state index contributed by atoms with van der Waals surface area (Å²) in [6.07, 6.45) is 0. The number of aryl methyl sites for hydroxylation is 2. The number of para-hydroxylation sites is 1. The molecule has 3 aromatic carbocycles. The van der Waals surface area contributed by atoms with Crippen LogP contribution >= 0.6 is 63.7 Å². The summed E-state index contributed by atoms with van der Waals surface area (Å²) in [4.78, 5) is 15.5. The Morgan fingerprint density at radius 1 is 0.946 bits per heavy atom. The molecule has 0 aliphatic carbocycles. The molecule has 0 saturated heterocycles. The molecule has 1 heterocycles. The van der Waals surface area contributed by atoms with Crippen LogP contribution in [0.4, 0.5) is 5.69 Å². The number of hydrogen-bond acceptors (Lipinski definition) is 3. The molecule has 0 fully saturated rings. The van der Waals surface area contributed by atoms with Crippen molar-refractivity contribution in [3.63, 3.8) is 0 Å². The van der Waals surface area contributed by atoms with Gasteiger partial charge in [0, 0.05) is 66.7 Å². The van der Waals surface area contributed by atoms with E-state index in [0.29, 0.717) is 10.0 Å². The fourth-order valence-corrected chi connectivity index (χ4v) is 7.71.